The minimum atomic E-state index is -1.21. The molecule has 2 N–H and O–H groups in total. The fraction of sp³-hybridized carbons (Fsp3) is 0.118. The van der Waals surface area contributed by atoms with Crippen molar-refractivity contribution < 1.29 is 19.3 Å². The van der Waals surface area contributed by atoms with Crippen molar-refractivity contribution in [1.82, 2.24) is 14.7 Å². The first kappa shape index (κ1) is 17.9. The van der Waals surface area contributed by atoms with Crippen LogP contribution in [-0.4, -0.2) is 31.6 Å². The first-order valence-electron chi connectivity index (χ1n) is 7.79. The molecule has 0 aliphatic carbocycles. The first-order chi connectivity index (χ1) is 13.0. The molecule has 3 aromatic rings. The highest BCUT2D eigenvalue weighted by Crippen LogP contribution is 2.10. The molecule has 0 spiro atoms. The molecule has 3 rings (SSSR count). The Bertz CT molecular complexity index is 1030. The molecule has 10 heteroatoms. The van der Waals surface area contributed by atoms with E-state index in [1.807, 2.05) is 18.2 Å². The quantitative estimate of drug-likeness (QED) is 0.500. The Kier molecular flexibility index (Phi) is 5.26. The van der Waals surface area contributed by atoms with Crippen LogP contribution in [0, 0.1) is 0 Å². The van der Waals surface area contributed by atoms with Gasteiger partial charge in [0, 0.05) is 12.6 Å². The molecule has 2 heterocycles. The topological polar surface area (TPSA) is 132 Å². The summed E-state index contributed by atoms with van der Waals surface area (Å²) in [6.07, 6.45) is -1.21. The lowest BCUT2D eigenvalue weighted by Gasteiger charge is -2.06. The molecule has 0 aliphatic rings. The van der Waals surface area contributed by atoms with Crippen molar-refractivity contribution in [2.45, 2.75) is 6.61 Å². The van der Waals surface area contributed by atoms with Gasteiger partial charge in [0.15, 0.2) is 18.1 Å². The van der Waals surface area contributed by atoms with Crippen molar-refractivity contribution in [2.75, 3.05) is 5.32 Å². The van der Waals surface area contributed by atoms with Crippen molar-refractivity contribution in [2.24, 2.45) is 12.2 Å². The highest BCUT2D eigenvalue weighted by Gasteiger charge is 2.16. The predicted molar refractivity (Wildman–Crippen MR) is 94.5 cm³/mol. The molecule has 0 bridgehead atoms. The summed E-state index contributed by atoms with van der Waals surface area (Å²) in [6.45, 7) is -0.0166. The van der Waals surface area contributed by atoms with Crippen LogP contribution in [0.1, 0.15) is 17.1 Å². The molecule has 10 nitrogen and oxygen atoms in total. The van der Waals surface area contributed by atoms with E-state index in [0.29, 0.717) is 17.0 Å². The second-order valence-corrected chi connectivity index (χ2v) is 5.31. The van der Waals surface area contributed by atoms with Crippen LogP contribution in [0.2, 0.25) is 0 Å². The highest BCUT2D eigenvalue weighted by atomic mass is 16.6. The zero-order chi connectivity index (χ0) is 19.2. The number of carbonyl (C=O) groups is 1. The molecule has 0 saturated heterocycles. The summed E-state index contributed by atoms with van der Waals surface area (Å²) in [5.41, 5.74) is 1.45. The summed E-state index contributed by atoms with van der Waals surface area (Å²) in [5, 5.41) is 15.0. The maximum atomic E-state index is 11.4. The number of pyridine rings is 1. The van der Waals surface area contributed by atoms with Crippen molar-refractivity contribution in [3.8, 4) is 0 Å². The zero-order valence-electron chi connectivity index (χ0n) is 14.2. The van der Waals surface area contributed by atoms with Gasteiger partial charge in [-0.3, -0.25) is 5.32 Å². The summed E-state index contributed by atoms with van der Waals surface area (Å²) in [4.78, 5) is 35.4. The van der Waals surface area contributed by atoms with Crippen LogP contribution in [0.4, 0.5) is 10.6 Å². The van der Waals surface area contributed by atoms with E-state index in [9.17, 15) is 9.59 Å². The van der Waals surface area contributed by atoms with Gasteiger partial charge < -0.3 is 14.5 Å². The number of hydrogen-bond acceptors (Lipinski definition) is 7. The number of anilines is 1. The van der Waals surface area contributed by atoms with Crippen molar-refractivity contribution in [3.63, 3.8) is 0 Å². The molecule has 138 valence electrons. The minimum Gasteiger partial charge on any atom is -0.465 e. The number of nitrogens with zero attached hydrogens (tertiary/aromatic N) is 4. The number of oxime groups is 1. The molecule has 0 atom stereocenters. The van der Waals surface area contributed by atoms with Gasteiger partial charge in [-0.2, -0.15) is 9.72 Å². The van der Waals surface area contributed by atoms with Crippen LogP contribution in [-0.2, 0) is 18.5 Å². The fourth-order valence-corrected chi connectivity index (χ4v) is 2.26. The Morgan fingerprint density at radius 1 is 1.22 bits per heavy atom. The number of nitrogens with one attached hydrogen (secondary N) is 1. The lowest BCUT2D eigenvalue weighted by molar-refractivity contribution is 0.128. The van der Waals surface area contributed by atoms with E-state index < -0.39 is 11.8 Å². The Morgan fingerprint density at radius 3 is 2.67 bits per heavy atom. The maximum Gasteiger partial charge on any atom is 0.460 e. The van der Waals surface area contributed by atoms with Crippen LogP contribution < -0.4 is 11.1 Å². The van der Waals surface area contributed by atoms with Gasteiger partial charge in [-0.15, -0.1) is 0 Å². The molecule has 0 fully saturated rings. The number of aryl methyl sites for hydroxylation is 1. The third kappa shape index (κ3) is 4.57. The van der Waals surface area contributed by atoms with Gasteiger partial charge in [0.2, 0.25) is 0 Å². The van der Waals surface area contributed by atoms with Crippen LogP contribution >= 0.6 is 0 Å². The van der Waals surface area contributed by atoms with Gasteiger partial charge in [0.25, 0.3) is 0 Å². The van der Waals surface area contributed by atoms with Crippen LogP contribution in [0.3, 0.4) is 0 Å². The van der Waals surface area contributed by atoms with E-state index in [4.69, 9.17) is 14.5 Å². The van der Waals surface area contributed by atoms with E-state index in [1.54, 1.807) is 24.3 Å². The second-order valence-electron chi connectivity index (χ2n) is 5.31. The number of aromatic nitrogens is 3. The predicted octanol–water partition coefficient (Wildman–Crippen LogP) is 1.83. The summed E-state index contributed by atoms with van der Waals surface area (Å²) < 4.78 is 6.07. The van der Waals surface area contributed by atoms with Gasteiger partial charge >= 0.3 is 11.8 Å². The third-order valence-corrected chi connectivity index (χ3v) is 3.38. The monoisotopic (exact) mass is 369 g/mol. The highest BCUT2D eigenvalue weighted by molar-refractivity contribution is 6.10. The van der Waals surface area contributed by atoms with Gasteiger partial charge in [-0.1, -0.05) is 41.6 Å². The summed E-state index contributed by atoms with van der Waals surface area (Å²) in [7, 11) is 1.53. The molecule has 2 aromatic heterocycles. The molecule has 0 unspecified atom stereocenters. The Morgan fingerprint density at radius 2 is 2.00 bits per heavy atom. The second kappa shape index (κ2) is 7.95. The Hall–Kier alpha value is -3.95. The molecule has 1 amide bonds. The lowest BCUT2D eigenvalue weighted by atomic mass is 10.1. The van der Waals surface area contributed by atoms with Crippen molar-refractivity contribution in [3.05, 3.63) is 76.2 Å². The van der Waals surface area contributed by atoms with Crippen LogP contribution in [0.25, 0.3) is 0 Å². The standard InChI is InChI=1S/C17H15N5O5/c1-22-15(20-17(25)27-22)14(11-6-3-2-4-7-11)21-26-10-12-8-5-9-13(18-12)19-16(23)24/h2-9H,10H2,1H3,(H,18,19)(H,23,24). The summed E-state index contributed by atoms with van der Waals surface area (Å²) >= 11 is 0. The van der Waals surface area contributed by atoms with Crippen molar-refractivity contribution in [1.29, 1.82) is 0 Å². The van der Waals surface area contributed by atoms with Crippen LogP contribution in [0.15, 0.2) is 63.0 Å². The molecular weight excluding hydrogens is 354 g/mol. The van der Waals surface area contributed by atoms with Gasteiger partial charge in [-0.25, -0.2) is 14.6 Å². The van der Waals surface area contributed by atoms with E-state index >= 15 is 0 Å². The maximum absolute atomic E-state index is 11.4. The number of hydrogen-bond donors (Lipinski definition) is 2. The minimum absolute atomic E-state index is 0.0166. The molecule has 0 saturated carbocycles. The normalized spacial score (nSPS) is 11.2. The number of carboxylic acid groups (broad SMARTS) is 1. The molecule has 0 radical (unpaired) electrons. The van der Waals surface area contributed by atoms with E-state index in [1.165, 1.54) is 17.9 Å². The Labute approximate surface area is 152 Å². The van der Waals surface area contributed by atoms with E-state index in [2.05, 4.69) is 20.4 Å². The van der Waals surface area contributed by atoms with Gasteiger partial charge in [-0.05, 0) is 12.1 Å². The van der Waals surface area contributed by atoms with Gasteiger partial charge in [0.1, 0.15) is 5.82 Å². The van der Waals surface area contributed by atoms with E-state index in [-0.39, 0.29) is 18.2 Å². The largest absolute Gasteiger partial charge is 0.465 e. The van der Waals surface area contributed by atoms with Crippen molar-refractivity contribution >= 4 is 17.6 Å². The number of amides is 1. The molecular formula is C17H15N5O5. The molecule has 0 aliphatic heterocycles. The summed E-state index contributed by atoms with van der Waals surface area (Å²) in [5.74, 6) is -0.361. The third-order valence-electron chi connectivity index (χ3n) is 3.38. The zero-order valence-corrected chi connectivity index (χ0v) is 14.2. The smallest absolute Gasteiger partial charge is 0.460 e. The SMILES string of the molecule is Cn1oc(=O)nc1C(=NOCc1cccc(NC(=O)O)n1)c1ccccc1. The lowest BCUT2D eigenvalue weighted by Crippen LogP contribution is -2.12. The van der Waals surface area contributed by atoms with E-state index in [0.717, 1.165) is 0 Å². The Balaban J connectivity index is 1.84. The van der Waals surface area contributed by atoms with Crippen LogP contribution in [0.5, 0.6) is 0 Å². The average molecular weight is 369 g/mol. The average Bonchev–Trinajstić information content (AvgIpc) is 2.97. The van der Waals surface area contributed by atoms with Gasteiger partial charge in [0.05, 0.1) is 5.69 Å². The number of benzene rings is 1. The molecule has 1 aromatic carbocycles. The fourth-order valence-electron chi connectivity index (χ4n) is 2.26. The first-order valence-corrected chi connectivity index (χ1v) is 7.79. The summed E-state index contributed by atoms with van der Waals surface area (Å²) in [6, 6.07) is 13.9. The number of rotatable bonds is 6. The molecule has 27 heavy (non-hydrogen) atoms.